The van der Waals surface area contributed by atoms with Crippen molar-refractivity contribution in [1.82, 2.24) is 0 Å². The van der Waals surface area contributed by atoms with Gasteiger partial charge in [0.05, 0.1) is 23.5 Å². The van der Waals surface area contributed by atoms with Gasteiger partial charge in [-0.1, -0.05) is 19.1 Å². The average molecular weight is 286 g/mol. The fraction of sp³-hybridized carbons (Fsp3) is 0.417. The molecule has 0 aliphatic heterocycles. The zero-order chi connectivity index (χ0) is 14.5. The number of carbonyl (C=O) groups is 1. The molecule has 0 fully saturated rings. The summed E-state index contributed by atoms with van der Waals surface area (Å²) in [6.45, 7) is 1.63. The number of sulfonamides is 1. The molecule has 0 unspecified atom stereocenters. The summed E-state index contributed by atoms with van der Waals surface area (Å²) in [5.74, 6) is -1.09. The number of rotatable bonds is 7. The van der Waals surface area contributed by atoms with Gasteiger partial charge < -0.3 is 10.8 Å². The summed E-state index contributed by atoms with van der Waals surface area (Å²) in [5.41, 5.74) is 6.41. The Morgan fingerprint density at radius 2 is 2.00 bits per heavy atom. The average Bonchev–Trinajstić information content (AvgIpc) is 2.30. The van der Waals surface area contributed by atoms with Gasteiger partial charge in [-0.25, -0.2) is 8.42 Å². The highest BCUT2D eigenvalue weighted by Crippen LogP contribution is 2.25. The minimum Gasteiger partial charge on any atom is -0.481 e. The molecule has 0 saturated carbocycles. The number of nitrogen functional groups attached to an aromatic ring is 1. The summed E-state index contributed by atoms with van der Waals surface area (Å²) in [6, 6.07) is 6.52. The van der Waals surface area contributed by atoms with E-state index in [9.17, 15) is 13.2 Å². The minimum absolute atomic E-state index is 0.0407. The van der Waals surface area contributed by atoms with Crippen LogP contribution in [0.15, 0.2) is 24.3 Å². The van der Waals surface area contributed by atoms with Crippen LogP contribution in [0.4, 0.5) is 11.4 Å². The van der Waals surface area contributed by atoms with Crippen LogP contribution in [0.5, 0.6) is 0 Å². The third-order valence-electron chi connectivity index (χ3n) is 2.53. The van der Waals surface area contributed by atoms with Crippen molar-refractivity contribution < 1.29 is 18.3 Å². The number of nitrogens with two attached hydrogens (primary N) is 1. The van der Waals surface area contributed by atoms with Crippen LogP contribution >= 0.6 is 0 Å². The normalized spacial score (nSPS) is 11.2. The maximum atomic E-state index is 12.2. The summed E-state index contributed by atoms with van der Waals surface area (Å²) >= 11 is 0. The van der Waals surface area contributed by atoms with Gasteiger partial charge in [-0.15, -0.1) is 0 Å². The molecule has 0 aromatic heterocycles. The van der Waals surface area contributed by atoms with Crippen molar-refractivity contribution in [3.8, 4) is 0 Å². The van der Waals surface area contributed by atoms with Crippen LogP contribution in [0.2, 0.25) is 0 Å². The number of carboxylic acids is 1. The molecule has 0 radical (unpaired) electrons. The molecule has 6 nitrogen and oxygen atoms in total. The standard InChI is InChI=1S/C12H18N2O4S/c1-2-9-19(17,18)14(8-7-12(15)16)11-6-4-3-5-10(11)13/h3-6H,2,7-9,13H2,1H3,(H,15,16). The number of anilines is 2. The molecule has 0 saturated heterocycles. The molecule has 1 rings (SSSR count). The summed E-state index contributed by atoms with van der Waals surface area (Å²) in [6.07, 6.45) is 0.190. The van der Waals surface area contributed by atoms with Gasteiger partial charge in [-0.2, -0.15) is 0 Å². The number of carboxylic acid groups (broad SMARTS) is 1. The molecule has 0 atom stereocenters. The fourth-order valence-corrected chi connectivity index (χ4v) is 3.26. The van der Waals surface area contributed by atoms with Crippen molar-refractivity contribution in [3.05, 3.63) is 24.3 Å². The minimum atomic E-state index is -3.55. The highest BCUT2D eigenvalue weighted by atomic mass is 32.2. The van der Waals surface area contributed by atoms with E-state index < -0.39 is 16.0 Å². The lowest BCUT2D eigenvalue weighted by Gasteiger charge is -2.24. The Kier molecular flexibility index (Phi) is 5.17. The second-order valence-electron chi connectivity index (χ2n) is 4.09. The molecule has 0 amide bonds. The molecular formula is C12H18N2O4S. The number of aliphatic carboxylic acids is 1. The molecule has 0 aliphatic carbocycles. The van der Waals surface area contributed by atoms with E-state index in [1.165, 1.54) is 0 Å². The maximum absolute atomic E-state index is 12.2. The van der Waals surface area contributed by atoms with E-state index in [0.29, 0.717) is 17.8 Å². The third-order valence-corrected chi connectivity index (χ3v) is 4.51. The fourth-order valence-electron chi connectivity index (χ4n) is 1.69. The van der Waals surface area contributed by atoms with E-state index in [1.807, 2.05) is 0 Å². The van der Waals surface area contributed by atoms with E-state index in [1.54, 1.807) is 31.2 Å². The van der Waals surface area contributed by atoms with Crippen LogP contribution < -0.4 is 10.0 Å². The largest absolute Gasteiger partial charge is 0.481 e. The highest BCUT2D eigenvalue weighted by Gasteiger charge is 2.23. The molecule has 0 aliphatic rings. The first kappa shape index (κ1) is 15.3. The lowest BCUT2D eigenvalue weighted by atomic mass is 10.2. The van der Waals surface area contributed by atoms with Gasteiger partial charge in [0.1, 0.15) is 0 Å². The molecule has 7 heteroatoms. The van der Waals surface area contributed by atoms with Crippen LogP contribution in [0, 0.1) is 0 Å². The number of hydrogen-bond donors (Lipinski definition) is 2. The monoisotopic (exact) mass is 286 g/mol. The molecule has 0 heterocycles. The van der Waals surface area contributed by atoms with Gasteiger partial charge in [0.25, 0.3) is 0 Å². The SMILES string of the molecule is CCCS(=O)(=O)N(CCC(=O)O)c1ccccc1N. The molecule has 19 heavy (non-hydrogen) atoms. The van der Waals surface area contributed by atoms with Gasteiger partial charge in [0, 0.05) is 6.54 Å². The van der Waals surface area contributed by atoms with E-state index in [4.69, 9.17) is 10.8 Å². The summed E-state index contributed by atoms with van der Waals surface area (Å²) in [4.78, 5) is 10.7. The Balaban J connectivity index is 3.13. The molecule has 0 bridgehead atoms. The number of nitrogens with zero attached hydrogens (tertiary/aromatic N) is 1. The Morgan fingerprint density at radius 3 is 2.53 bits per heavy atom. The molecular weight excluding hydrogens is 268 g/mol. The Labute approximate surface area is 112 Å². The zero-order valence-corrected chi connectivity index (χ0v) is 11.6. The lowest BCUT2D eigenvalue weighted by molar-refractivity contribution is -0.136. The lowest BCUT2D eigenvalue weighted by Crippen LogP contribution is -2.35. The Hall–Kier alpha value is -1.76. The van der Waals surface area contributed by atoms with Gasteiger partial charge in [0.2, 0.25) is 10.0 Å². The van der Waals surface area contributed by atoms with Crippen LogP contribution in [0.25, 0.3) is 0 Å². The third kappa shape index (κ3) is 4.13. The van der Waals surface area contributed by atoms with Crippen LogP contribution in [0.3, 0.4) is 0 Å². The van der Waals surface area contributed by atoms with Crippen molar-refractivity contribution in [2.24, 2.45) is 0 Å². The van der Waals surface area contributed by atoms with Crippen LogP contribution in [-0.4, -0.2) is 31.8 Å². The van der Waals surface area contributed by atoms with Crippen LogP contribution in [-0.2, 0) is 14.8 Å². The van der Waals surface area contributed by atoms with Gasteiger partial charge in [-0.3, -0.25) is 9.10 Å². The summed E-state index contributed by atoms with van der Waals surface area (Å²) in [7, 11) is -3.55. The first-order valence-corrected chi connectivity index (χ1v) is 7.56. The quantitative estimate of drug-likeness (QED) is 0.735. The first-order chi connectivity index (χ1) is 8.88. The molecule has 106 valence electrons. The first-order valence-electron chi connectivity index (χ1n) is 5.95. The predicted molar refractivity (Wildman–Crippen MR) is 74.5 cm³/mol. The number of benzene rings is 1. The Morgan fingerprint density at radius 1 is 1.37 bits per heavy atom. The second-order valence-corrected chi connectivity index (χ2v) is 6.10. The van der Waals surface area contributed by atoms with E-state index >= 15 is 0 Å². The van der Waals surface area contributed by atoms with E-state index in [0.717, 1.165) is 4.31 Å². The predicted octanol–water partition coefficient (Wildman–Crippen LogP) is 1.29. The molecule has 1 aromatic carbocycles. The second kappa shape index (κ2) is 6.42. The van der Waals surface area contributed by atoms with Crippen molar-refractivity contribution in [1.29, 1.82) is 0 Å². The molecule has 3 N–H and O–H groups in total. The van der Waals surface area contributed by atoms with Crippen molar-refractivity contribution in [3.63, 3.8) is 0 Å². The number of hydrogen-bond acceptors (Lipinski definition) is 4. The van der Waals surface area contributed by atoms with E-state index in [-0.39, 0.29) is 18.7 Å². The number of para-hydroxylation sites is 2. The van der Waals surface area contributed by atoms with Crippen molar-refractivity contribution in [2.75, 3.05) is 22.3 Å². The Bertz CT molecular complexity index is 542. The van der Waals surface area contributed by atoms with Gasteiger partial charge in [0.15, 0.2) is 0 Å². The van der Waals surface area contributed by atoms with Gasteiger partial charge in [-0.05, 0) is 18.6 Å². The summed E-state index contributed by atoms with van der Waals surface area (Å²) in [5, 5.41) is 8.72. The topological polar surface area (TPSA) is 101 Å². The van der Waals surface area contributed by atoms with E-state index in [2.05, 4.69) is 0 Å². The maximum Gasteiger partial charge on any atom is 0.305 e. The smallest absolute Gasteiger partial charge is 0.305 e. The highest BCUT2D eigenvalue weighted by molar-refractivity contribution is 7.92. The van der Waals surface area contributed by atoms with Crippen molar-refractivity contribution in [2.45, 2.75) is 19.8 Å². The molecule has 1 aromatic rings. The molecule has 0 spiro atoms. The van der Waals surface area contributed by atoms with Crippen molar-refractivity contribution >= 4 is 27.4 Å². The van der Waals surface area contributed by atoms with Crippen LogP contribution in [0.1, 0.15) is 19.8 Å². The van der Waals surface area contributed by atoms with Gasteiger partial charge >= 0.3 is 5.97 Å². The summed E-state index contributed by atoms with van der Waals surface area (Å²) < 4.78 is 25.4. The zero-order valence-electron chi connectivity index (χ0n) is 10.7.